The van der Waals surface area contributed by atoms with Crippen molar-refractivity contribution in [3.8, 4) is 0 Å². The molecule has 2 rings (SSSR count). The van der Waals surface area contributed by atoms with Crippen molar-refractivity contribution < 1.29 is 9.52 Å². The summed E-state index contributed by atoms with van der Waals surface area (Å²) in [5.74, 6) is 2.07. The molecule has 1 unspecified atom stereocenters. The van der Waals surface area contributed by atoms with Gasteiger partial charge in [0.2, 0.25) is 0 Å². The Kier molecular flexibility index (Phi) is 6.81. The molecule has 1 atom stereocenters. The molecule has 0 spiro atoms. The van der Waals surface area contributed by atoms with Crippen LogP contribution in [-0.2, 0) is 5.60 Å². The smallest absolute Gasteiger partial charge is 0.191 e. The molecule has 1 aromatic heterocycles. The van der Waals surface area contributed by atoms with E-state index in [9.17, 15) is 5.11 Å². The third-order valence-electron chi connectivity index (χ3n) is 3.20. The summed E-state index contributed by atoms with van der Waals surface area (Å²) in [4.78, 5) is 4.43. The Balaban J connectivity index is 0.00000200. The third-order valence-corrected chi connectivity index (χ3v) is 3.20. The summed E-state index contributed by atoms with van der Waals surface area (Å²) in [5.41, 5.74) is -1.08. The third kappa shape index (κ3) is 5.32. The minimum atomic E-state index is -1.08. The van der Waals surface area contributed by atoms with E-state index in [1.807, 2.05) is 6.92 Å². The highest BCUT2D eigenvalue weighted by atomic mass is 127. The maximum Gasteiger partial charge on any atom is 0.191 e. The second-order valence-electron chi connectivity index (χ2n) is 5.27. The van der Waals surface area contributed by atoms with Gasteiger partial charge in [-0.2, -0.15) is 0 Å². The summed E-state index contributed by atoms with van der Waals surface area (Å²) in [6, 6.07) is 3.53. The van der Waals surface area contributed by atoms with Crippen LogP contribution in [0.25, 0.3) is 0 Å². The standard InChI is InChI=1S/C14H23N3O2.HI/c1-3-15-13(16-9-11-6-7-11)17-10-14(2,18)12-5-4-8-19-12;/h4-5,8,11,18H,3,6-7,9-10H2,1-2H3,(H2,15,16,17);1H. The second-order valence-corrected chi connectivity index (χ2v) is 5.27. The van der Waals surface area contributed by atoms with Gasteiger partial charge in [-0.15, -0.1) is 24.0 Å². The SMILES string of the molecule is CCNC(=NCC(C)(O)c1ccco1)NCC1CC1.I. The van der Waals surface area contributed by atoms with Gasteiger partial charge in [0.25, 0.3) is 0 Å². The molecule has 1 aromatic rings. The molecule has 0 radical (unpaired) electrons. The summed E-state index contributed by atoms with van der Waals surface area (Å²) in [6.07, 6.45) is 4.16. The fourth-order valence-electron chi connectivity index (χ4n) is 1.80. The Hall–Kier alpha value is -0.760. The van der Waals surface area contributed by atoms with Gasteiger partial charge in [0.05, 0.1) is 12.8 Å². The number of nitrogens with one attached hydrogen (secondary N) is 2. The number of nitrogens with zero attached hydrogens (tertiary/aromatic N) is 1. The molecule has 6 heteroatoms. The molecule has 0 saturated heterocycles. The van der Waals surface area contributed by atoms with Crippen LogP contribution in [0.1, 0.15) is 32.4 Å². The highest BCUT2D eigenvalue weighted by Gasteiger charge is 2.26. The number of guanidine groups is 1. The lowest BCUT2D eigenvalue weighted by molar-refractivity contribution is 0.0437. The second kappa shape index (κ2) is 7.87. The van der Waals surface area contributed by atoms with Crippen molar-refractivity contribution in [1.82, 2.24) is 10.6 Å². The fourth-order valence-corrected chi connectivity index (χ4v) is 1.80. The van der Waals surface area contributed by atoms with Crippen molar-refractivity contribution in [2.75, 3.05) is 19.6 Å². The van der Waals surface area contributed by atoms with E-state index >= 15 is 0 Å². The molecule has 3 N–H and O–H groups in total. The van der Waals surface area contributed by atoms with Gasteiger partial charge in [0.15, 0.2) is 5.96 Å². The van der Waals surface area contributed by atoms with E-state index in [-0.39, 0.29) is 30.5 Å². The molecule has 0 aromatic carbocycles. The molecule has 1 fully saturated rings. The van der Waals surface area contributed by atoms with Crippen molar-refractivity contribution in [1.29, 1.82) is 0 Å². The first-order valence-electron chi connectivity index (χ1n) is 6.90. The quantitative estimate of drug-likeness (QED) is 0.393. The summed E-state index contributed by atoms with van der Waals surface area (Å²) >= 11 is 0. The zero-order chi connectivity index (χ0) is 13.7. The van der Waals surface area contributed by atoms with Crippen LogP contribution in [-0.4, -0.2) is 30.7 Å². The van der Waals surface area contributed by atoms with E-state index in [2.05, 4.69) is 15.6 Å². The zero-order valence-corrected chi connectivity index (χ0v) is 14.4. The summed E-state index contributed by atoms with van der Waals surface area (Å²) in [5, 5.41) is 16.8. The van der Waals surface area contributed by atoms with Crippen LogP contribution in [0.3, 0.4) is 0 Å². The average Bonchev–Trinajstić information content (AvgIpc) is 3.03. The van der Waals surface area contributed by atoms with Crippen molar-refractivity contribution in [3.63, 3.8) is 0 Å². The van der Waals surface area contributed by atoms with Crippen molar-refractivity contribution in [3.05, 3.63) is 24.2 Å². The summed E-state index contributed by atoms with van der Waals surface area (Å²) in [6.45, 7) is 5.76. The first-order valence-corrected chi connectivity index (χ1v) is 6.90. The van der Waals surface area contributed by atoms with Crippen LogP contribution in [0.2, 0.25) is 0 Å². The molecular formula is C14H24IN3O2. The molecular weight excluding hydrogens is 369 g/mol. The molecule has 0 amide bonds. The number of aliphatic hydroxyl groups is 1. The molecule has 0 bridgehead atoms. The minimum Gasteiger partial charge on any atom is -0.466 e. The lowest BCUT2D eigenvalue weighted by Gasteiger charge is -2.19. The maximum atomic E-state index is 10.3. The Morgan fingerprint density at radius 2 is 2.25 bits per heavy atom. The molecule has 1 aliphatic carbocycles. The van der Waals surface area contributed by atoms with Gasteiger partial charge in [0, 0.05) is 13.1 Å². The minimum absolute atomic E-state index is 0. The van der Waals surface area contributed by atoms with E-state index in [1.54, 1.807) is 25.3 Å². The van der Waals surface area contributed by atoms with Gasteiger partial charge in [-0.25, -0.2) is 4.99 Å². The van der Waals surface area contributed by atoms with Gasteiger partial charge in [0.1, 0.15) is 11.4 Å². The number of halogens is 1. The van der Waals surface area contributed by atoms with E-state index in [0.717, 1.165) is 25.0 Å². The van der Waals surface area contributed by atoms with Crippen LogP contribution in [0.4, 0.5) is 0 Å². The fraction of sp³-hybridized carbons (Fsp3) is 0.643. The van der Waals surface area contributed by atoms with Crippen molar-refractivity contribution in [2.45, 2.75) is 32.3 Å². The van der Waals surface area contributed by atoms with Gasteiger partial charge in [-0.3, -0.25) is 0 Å². The largest absolute Gasteiger partial charge is 0.466 e. The predicted octanol–water partition coefficient (Wildman–Crippen LogP) is 2.07. The lowest BCUT2D eigenvalue weighted by atomic mass is 10.0. The first-order chi connectivity index (χ1) is 9.12. The van der Waals surface area contributed by atoms with Crippen LogP contribution < -0.4 is 10.6 Å². The highest BCUT2D eigenvalue weighted by Crippen LogP contribution is 2.27. The number of rotatable bonds is 6. The predicted molar refractivity (Wildman–Crippen MR) is 90.4 cm³/mol. The Labute approximate surface area is 137 Å². The van der Waals surface area contributed by atoms with E-state index in [0.29, 0.717) is 5.76 Å². The normalized spacial score (nSPS) is 18.1. The highest BCUT2D eigenvalue weighted by molar-refractivity contribution is 14.0. The number of hydrogen-bond acceptors (Lipinski definition) is 3. The molecule has 0 aliphatic heterocycles. The maximum absolute atomic E-state index is 10.3. The first kappa shape index (κ1) is 17.3. The number of aliphatic imine (C=N–C) groups is 1. The van der Waals surface area contributed by atoms with Gasteiger partial charge >= 0.3 is 0 Å². The molecule has 1 aliphatic rings. The molecule has 1 heterocycles. The van der Waals surface area contributed by atoms with E-state index in [1.165, 1.54) is 12.8 Å². The summed E-state index contributed by atoms with van der Waals surface area (Å²) in [7, 11) is 0. The summed E-state index contributed by atoms with van der Waals surface area (Å²) < 4.78 is 5.24. The number of hydrogen-bond donors (Lipinski definition) is 3. The zero-order valence-electron chi connectivity index (χ0n) is 12.1. The topological polar surface area (TPSA) is 69.8 Å². The Morgan fingerprint density at radius 1 is 1.50 bits per heavy atom. The van der Waals surface area contributed by atoms with Crippen LogP contribution in [0, 0.1) is 5.92 Å². The average molecular weight is 393 g/mol. The van der Waals surface area contributed by atoms with E-state index in [4.69, 9.17) is 4.42 Å². The van der Waals surface area contributed by atoms with Crippen LogP contribution in [0.5, 0.6) is 0 Å². The Morgan fingerprint density at radius 3 is 2.80 bits per heavy atom. The Bertz CT molecular complexity index is 414. The molecule has 114 valence electrons. The van der Waals surface area contributed by atoms with E-state index < -0.39 is 5.60 Å². The van der Waals surface area contributed by atoms with Crippen LogP contribution in [0.15, 0.2) is 27.8 Å². The number of furan rings is 1. The molecule has 5 nitrogen and oxygen atoms in total. The van der Waals surface area contributed by atoms with Crippen molar-refractivity contribution in [2.24, 2.45) is 10.9 Å². The van der Waals surface area contributed by atoms with Gasteiger partial charge < -0.3 is 20.2 Å². The van der Waals surface area contributed by atoms with Gasteiger partial charge in [-0.1, -0.05) is 0 Å². The molecule has 1 saturated carbocycles. The lowest BCUT2D eigenvalue weighted by Crippen LogP contribution is -2.39. The van der Waals surface area contributed by atoms with Crippen LogP contribution >= 0.6 is 24.0 Å². The van der Waals surface area contributed by atoms with Gasteiger partial charge in [-0.05, 0) is 44.7 Å². The monoisotopic (exact) mass is 393 g/mol. The molecule has 20 heavy (non-hydrogen) atoms. The van der Waals surface area contributed by atoms with Crippen molar-refractivity contribution >= 4 is 29.9 Å².